The average molecular weight is 349 g/mol. The van der Waals surface area contributed by atoms with Gasteiger partial charge in [0.05, 0.1) is 12.0 Å². The summed E-state index contributed by atoms with van der Waals surface area (Å²) in [6, 6.07) is 17.6. The lowest BCUT2D eigenvalue weighted by molar-refractivity contribution is 0.327. The van der Waals surface area contributed by atoms with Crippen molar-refractivity contribution in [3.63, 3.8) is 0 Å². The molecule has 2 aromatic carbocycles. The molecule has 5 rings (SSSR count). The van der Waals surface area contributed by atoms with Gasteiger partial charge in [0.25, 0.3) is 0 Å². The van der Waals surface area contributed by atoms with E-state index in [4.69, 9.17) is 25.7 Å². The lowest BCUT2D eigenvalue weighted by atomic mass is 10.1. The number of hydrogen-bond donors (Lipinski definition) is 0. The Morgan fingerprint density at radius 2 is 1.72 bits per heavy atom. The monoisotopic (exact) mass is 348 g/mol. The zero-order chi connectivity index (χ0) is 16.8. The number of nitrogens with zero attached hydrogens (tertiary/aromatic N) is 2. The van der Waals surface area contributed by atoms with E-state index in [0.29, 0.717) is 35.5 Å². The van der Waals surface area contributed by atoms with Gasteiger partial charge in [-0.15, -0.1) is 0 Å². The molecule has 5 heteroatoms. The SMILES string of the molecule is Clc1nc(-c2ccccc2)nc2c1CCOc1c-2oc2ccccc12. The van der Waals surface area contributed by atoms with E-state index in [1.54, 1.807) is 0 Å². The van der Waals surface area contributed by atoms with Crippen LogP contribution in [0.1, 0.15) is 5.56 Å². The van der Waals surface area contributed by atoms with Crippen LogP contribution >= 0.6 is 11.6 Å². The van der Waals surface area contributed by atoms with Crippen molar-refractivity contribution < 1.29 is 9.15 Å². The van der Waals surface area contributed by atoms with Crippen molar-refractivity contribution in [1.29, 1.82) is 0 Å². The van der Waals surface area contributed by atoms with Gasteiger partial charge < -0.3 is 9.15 Å². The molecule has 0 N–H and O–H groups in total. The van der Waals surface area contributed by atoms with Crippen molar-refractivity contribution >= 4 is 22.6 Å². The number of aromatic nitrogens is 2. The summed E-state index contributed by atoms with van der Waals surface area (Å²) < 4.78 is 12.0. The smallest absolute Gasteiger partial charge is 0.196 e. The maximum atomic E-state index is 6.49. The quantitative estimate of drug-likeness (QED) is 0.446. The van der Waals surface area contributed by atoms with E-state index >= 15 is 0 Å². The van der Waals surface area contributed by atoms with E-state index in [-0.39, 0.29) is 0 Å². The van der Waals surface area contributed by atoms with E-state index in [1.807, 2.05) is 54.6 Å². The van der Waals surface area contributed by atoms with Crippen LogP contribution in [0.5, 0.6) is 5.75 Å². The first-order valence-electron chi connectivity index (χ1n) is 8.08. The molecule has 0 fully saturated rings. The molecular formula is C20H13ClN2O2. The zero-order valence-electron chi connectivity index (χ0n) is 13.2. The molecule has 0 saturated carbocycles. The number of furan rings is 1. The van der Waals surface area contributed by atoms with E-state index in [9.17, 15) is 0 Å². The zero-order valence-corrected chi connectivity index (χ0v) is 14.0. The van der Waals surface area contributed by atoms with Crippen molar-refractivity contribution in [3.8, 4) is 28.6 Å². The highest BCUT2D eigenvalue weighted by Crippen LogP contribution is 2.43. The van der Waals surface area contributed by atoms with Gasteiger partial charge in [0.1, 0.15) is 16.4 Å². The second kappa shape index (κ2) is 5.60. The molecule has 0 unspecified atom stereocenters. The maximum Gasteiger partial charge on any atom is 0.196 e. The van der Waals surface area contributed by atoms with Gasteiger partial charge in [-0.2, -0.15) is 0 Å². The Bertz CT molecular complexity index is 1090. The summed E-state index contributed by atoms with van der Waals surface area (Å²) in [7, 11) is 0. The molecule has 0 aliphatic carbocycles. The van der Waals surface area contributed by atoms with Crippen molar-refractivity contribution in [2.75, 3.05) is 6.61 Å². The predicted octanol–water partition coefficient (Wildman–Crippen LogP) is 5.15. The Labute approximate surface area is 149 Å². The second-order valence-corrected chi connectivity index (χ2v) is 6.24. The first-order valence-corrected chi connectivity index (χ1v) is 8.45. The van der Waals surface area contributed by atoms with Crippen molar-refractivity contribution in [3.05, 3.63) is 65.3 Å². The highest BCUT2D eigenvalue weighted by atomic mass is 35.5. The van der Waals surface area contributed by atoms with Gasteiger partial charge in [-0.25, -0.2) is 9.97 Å². The molecule has 25 heavy (non-hydrogen) atoms. The van der Waals surface area contributed by atoms with Gasteiger partial charge in [-0.1, -0.05) is 54.1 Å². The number of fused-ring (bicyclic) bond motifs is 5. The largest absolute Gasteiger partial charge is 0.488 e. The first-order chi connectivity index (χ1) is 12.3. The minimum atomic E-state index is 0.445. The van der Waals surface area contributed by atoms with Crippen LogP contribution in [0.2, 0.25) is 5.15 Å². The standard InChI is InChI=1S/C20H13ClN2O2/c21-19-14-10-11-24-17-13-8-4-5-9-15(13)25-18(17)16(14)22-20(23-19)12-6-2-1-3-7-12/h1-9H,10-11H2. The molecule has 0 atom stereocenters. The third-order valence-electron chi connectivity index (χ3n) is 4.35. The molecule has 0 saturated heterocycles. The van der Waals surface area contributed by atoms with E-state index in [2.05, 4.69) is 4.98 Å². The molecule has 0 radical (unpaired) electrons. The van der Waals surface area contributed by atoms with Gasteiger partial charge in [0, 0.05) is 17.5 Å². The van der Waals surface area contributed by atoms with Crippen LogP contribution < -0.4 is 4.74 Å². The van der Waals surface area contributed by atoms with Gasteiger partial charge in [0.2, 0.25) is 0 Å². The van der Waals surface area contributed by atoms with Gasteiger partial charge in [-0.05, 0) is 12.1 Å². The van der Waals surface area contributed by atoms with Crippen molar-refractivity contribution in [2.45, 2.75) is 6.42 Å². The summed E-state index contributed by atoms with van der Waals surface area (Å²) in [4.78, 5) is 9.25. The third kappa shape index (κ3) is 2.29. The summed E-state index contributed by atoms with van der Waals surface area (Å²) in [5.41, 5.74) is 3.26. The average Bonchev–Trinajstić information content (AvgIpc) is 2.92. The minimum absolute atomic E-state index is 0.445. The summed E-state index contributed by atoms with van der Waals surface area (Å²) in [6.45, 7) is 0.511. The number of ether oxygens (including phenoxy) is 1. The Kier molecular flexibility index (Phi) is 3.25. The first kappa shape index (κ1) is 14.5. The van der Waals surface area contributed by atoms with Gasteiger partial charge in [-0.3, -0.25) is 0 Å². The number of para-hydroxylation sites is 1. The molecule has 4 nitrogen and oxygen atoms in total. The minimum Gasteiger partial charge on any atom is -0.488 e. The van der Waals surface area contributed by atoms with Crippen LogP contribution in [0.15, 0.2) is 59.0 Å². The van der Waals surface area contributed by atoms with E-state index in [1.165, 1.54) is 0 Å². The lowest BCUT2D eigenvalue weighted by Gasteiger charge is -2.08. The fraction of sp³-hybridized carbons (Fsp3) is 0.100. The van der Waals surface area contributed by atoms with Crippen LogP contribution in [-0.4, -0.2) is 16.6 Å². The number of halogens is 1. The second-order valence-electron chi connectivity index (χ2n) is 5.89. The molecule has 122 valence electrons. The van der Waals surface area contributed by atoms with Gasteiger partial charge >= 0.3 is 0 Å². The van der Waals surface area contributed by atoms with Crippen molar-refractivity contribution in [1.82, 2.24) is 9.97 Å². The molecule has 1 aliphatic rings. The summed E-state index contributed by atoms with van der Waals surface area (Å²) in [5.74, 6) is 1.93. The topological polar surface area (TPSA) is 48.2 Å². The molecular weight excluding hydrogens is 336 g/mol. The highest BCUT2D eigenvalue weighted by Gasteiger charge is 2.27. The van der Waals surface area contributed by atoms with Crippen LogP contribution in [-0.2, 0) is 6.42 Å². The number of benzene rings is 2. The fourth-order valence-electron chi connectivity index (χ4n) is 3.16. The Balaban J connectivity index is 1.80. The Hall–Kier alpha value is -2.85. The Morgan fingerprint density at radius 3 is 2.60 bits per heavy atom. The molecule has 0 amide bonds. The molecule has 0 spiro atoms. The molecule has 1 aliphatic heterocycles. The maximum absolute atomic E-state index is 6.49. The van der Waals surface area contributed by atoms with Crippen LogP contribution in [0.25, 0.3) is 33.8 Å². The van der Waals surface area contributed by atoms with E-state index in [0.717, 1.165) is 27.8 Å². The molecule has 4 aromatic rings. The highest BCUT2D eigenvalue weighted by molar-refractivity contribution is 6.30. The van der Waals surface area contributed by atoms with Crippen LogP contribution in [0, 0.1) is 0 Å². The molecule has 3 heterocycles. The summed E-state index contributed by atoms with van der Waals surface area (Å²) in [6.07, 6.45) is 0.641. The molecule has 0 bridgehead atoms. The van der Waals surface area contributed by atoms with E-state index < -0.39 is 0 Å². The number of hydrogen-bond acceptors (Lipinski definition) is 4. The summed E-state index contributed by atoms with van der Waals surface area (Å²) in [5, 5.41) is 1.39. The normalized spacial score (nSPS) is 13.0. The van der Waals surface area contributed by atoms with Crippen LogP contribution in [0.4, 0.5) is 0 Å². The lowest BCUT2D eigenvalue weighted by Crippen LogP contribution is -2.02. The third-order valence-corrected chi connectivity index (χ3v) is 4.66. The van der Waals surface area contributed by atoms with Crippen LogP contribution in [0.3, 0.4) is 0 Å². The summed E-state index contributed by atoms with van der Waals surface area (Å²) >= 11 is 6.49. The van der Waals surface area contributed by atoms with Crippen molar-refractivity contribution in [2.24, 2.45) is 0 Å². The van der Waals surface area contributed by atoms with Gasteiger partial charge in [0.15, 0.2) is 17.3 Å². The number of rotatable bonds is 1. The fourth-order valence-corrected chi connectivity index (χ4v) is 3.42. The predicted molar refractivity (Wildman–Crippen MR) is 96.9 cm³/mol. The Morgan fingerprint density at radius 1 is 0.920 bits per heavy atom. The molecule has 2 aromatic heterocycles.